The van der Waals surface area contributed by atoms with Gasteiger partial charge in [-0.05, 0) is 65.2 Å². The van der Waals surface area contributed by atoms with Crippen LogP contribution in [0.4, 0.5) is 5.69 Å². The van der Waals surface area contributed by atoms with Gasteiger partial charge in [0.15, 0.2) is 0 Å². The lowest BCUT2D eigenvalue weighted by atomic mass is 10.2. The summed E-state index contributed by atoms with van der Waals surface area (Å²) in [6.07, 6.45) is 0. The summed E-state index contributed by atoms with van der Waals surface area (Å²) in [4.78, 5) is 1.32. The number of thiophene rings is 1. The lowest BCUT2D eigenvalue weighted by Crippen LogP contribution is -2.05. The van der Waals surface area contributed by atoms with Crippen molar-refractivity contribution in [2.45, 2.75) is 13.0 Å². The Bertz CT molecular complexity index is 720. The highest BCUT2D eigenvalue weighted by Crippen LogP contribution is 2.33. The second kappa shape index (κ2) is 5.92. The van der Waals surface area contributed by atoms with Crippen LogP contribution < -0.4 is 5.32 Å². The van der Waals surface area contributed by atoms with Crippen molar-refractivity contribution in [1.82, 2.24) is 0 Å². The molecule has 0 amide bonds. The molecule has 20 heavy (non-hydrogen) atoms. The average molecular weight is 414 g/mol. The highest BCUT2D eigenvalue weighted by atomic mass is 127. The Kier molecular flexibility index (Phi) is 4.19. The van der Waals surface area contributed by atoms with Gasteiger partial charge in [0.25, 0.3) is 0 Å². The van der Waals surface area contributed by atoms with Gasteiger partial charge in [0, 0.05) is 13.1 Å². The molecule has 1 heterocycles. The SMILES string of the molecule is CC(Nc1ccc(I)cc1Cl)c1cc2ccccc2s1. The van der Waals surface area contributed by atoms with Crippen LogP contribution in [-0.4, -0.2) is 0 Å². The third-order valence-electron chi connectivity index (χ3n) is 3.17. The van der Waals surface area contributed by atoms with Crippen LogP contribution >= 0.6 is 45.5 Å². The molecule has 0 spiro atoms. The number of hydrogen-bond acceptors (Lipinski definition) is 2. The predicted molar refractivity (Wildman–Crippen MR) is 98.0 cm³/mol. The van der Waals surface area contributed by atoms with Gasteiger partial charge in [0.05, 0.1) is 16.8 Å². The zero-order chi connectivity index (χ0) is 14.1. The molecule has 0 saturated carbocycles. The molecule has 2 aromatic carbocycles. The van der Waals surface area contributed by atoms with Gasteiger partial charge < -0.3 is 5.32 Å². The molecule has 0 radical (unpaired) electrons. The summed E-state index contributed by atoms with van der Waals surface area (Å²) in [6, 6.07) is 17.0. The Labute approximate surface area is 141 Å². The molecule has 1 unspecified atom stereocenters. The zero-order valence-corrected chi connectivity index (χ0v) is 14.6. The Hall–Kier alpha value is -0.780. The van der Waals surface area contributed by atoms with E-state index in [-0.39, 0.29) is 6.04 Å². The third-order valence-corrected chi connectivity index (χ3v) is 5.46. The molecule has 3 aromatic rings. The normalized spacial score (nSPS) is 12.6. The average Bonchev–Trinajstić information content (AvgIpc) is 2.86. The van der Waals surface area contributed by atoms with E-state index in [1.807, 2.05) is 23.5 Å². The fraction of sp³-hybridized carbons (Fsp3) is 0.125. The quantitative estimate of drug-likeness (QED) is 0.495. The van der Waals surface area contributed by atoms with Crippen molar-refractivity contribution in [1.29, 1.82) is 0 Å². The second-order valence-corrected chi connectivity index (χ2v) is 7.44. The minimum absolute atomic E-state index is 0.241. The highest BCUT2D eigenvalue weighted by molar-refractivity contribution is 14.1. The molecule has 1 aromatic heterocycles. The summed E-state index contributed by atoms with van der Waals surface area (Å²) in [5.74, 6) is 0. The summed E-state index contributed by atoms with van der Waals surface area (Å²) in [5, 5.41) is 5.56. The topological polar surface area (TPSA) is 12.0 Å². The molecule has 1 nitrogen and oxygen atoms in total. The van der Waals surface area contributed by atoms with Gasteiger partial charge in [-0.15, -0.1) is 11.3 Å². The van der Waals surface area contributed by atoms with Gasteiger partial charge >= 0.3 is 0 Å². The number of hydrogen-bond donors (Lipinski definition) is 1. The maximum atomic E-state index is 6.28. The van der Waals surface area contributed by atoms with Crippen LogP contribution in [0.5, 0.6) is 0 Å². The maximum absolute atomic E-state index is 6.28. The number of fused-ring (bicyclic) bond motifs is 1. The first-order valence-corrected chi connectivity index (χ1v) is 8.61. The lowest BCUT2D eigenvalue weighted by molar-refractivity contribution is 0.909. The van der Waals surface area contributed by atoms with Crippen LogP contribution in [0.3, 0.4) is 0 Å². The minimum atomic E-state index is 0.241. The van der Waals surface area contributed by atoms with Crippen LogP contribution in [0.25, 0.3) is 10.1 Å². The smallest absolute Gasteiger partial charge is 0.0648 e. The monoisotopic (exact) mass is 413 g/mol. The zero-order valence-electron chi connectivity index (χ0n) is 10.9. The van der Waals surface area contributed by atoms with E-state index in [1.165, 1.54) is 15.0 Å². The Morgan fingerprint density at radius 1 is 1.15 bits per heavy atom. The fourth-order valence-corrected chi connectivity index (χ4v) is 4.10. The van der Waals surface area contributed by atoms with E-state index >= 15 is 0 Å². The van der Waals surface area contributed by atoms with Gasteiger partial charge in [0.1, 0.15) is 0 Å². The van der Waals surface area contributed by atoms with Crippen molar-refractivity contribution in [2.24, 2.45) is 0 Å². The number of benzene rings is 2. The number of nitrogens with one attached hydrogen (secondary N) is 1. The number of anilines is 1. The standard InChI is InChI=1S/C16H13ClINS/c1-10(19-14-7-6-12(18)9-13(14)17)16-8-11-4-2-3-5-15(11)20-16/h2-10,19H,1H3. The molecule has 0 saturated heterocycles. The first-order valence-electron chi connectivity index (χ1n) is 6.33. The van der Waals surface area contributed by atoms with Crippen LogP contribution in [0, 0.1) is 3.57 Å². The molecule has 1 atom stereocenters. The number of halogens is 2. The summed E-state index contributed by atoms with van der Waals surface area (Å²) in [5.41, 5.74) is 0.983. The molecule has 0 bridgehead atoms. The highest BCUT2D eigenvalue weighted by Gasteiger charge is 2.11. The Morgan fingerprint density at radius 2 is 1.95 bits per heavy atom. The molecule has 0 aliphatic rings. The summed E-state index contributed by atoms with van der Waals surface area (Å²) in [7, 11) is 0. The first kappa shape index (κ1) is 14.2. The Balaban J connectivity index is 1.86. The molecule has 3 rings (SSSR count). The van der Waals surface area contributed by atoms with Gasteiger partial charge in [-0.2, -0.15) is 0 Å². The van der Waals surface area contributed by atoms with E-state index in [2.05, 4.69) is 71.2 Å². The van der Waals surface area contributed by atoms with E-state index in [0.717, 1.165) is 14.3 Å². The van der Waals surface area contributed by atoms with E-state index in [4.69, 9.17) is 11.6 Å². The van der Waals surface area contributed by atoms with Crippen molar-refractivity contribution in [3.63, 3.8) is 0 Å². The molecule has 0 aliphatic carbocycles. The lowest BCUT2D eigenvalue weighted by Gasteiger charge is -2.15. The van der Waals surface area contributed by atoms with Crippen LogP contribution in [-0.2, 0) is 0 Å². The fourth-order valence-electron chi connectivity index (χ4n) is 2.13. The second-order valence-electron chi connectivity index (χ2n) is 4.68. The number of rotatable bonds is 3. The van der Waals surface area contributed by atoms with Crippen molar-refractivity contribution >= 4 is 61.3 Å². The summed E-state index contributed by atoms with van der Waals surface area (Å²) in [6.45, 7) is 2.17. The molecule has 0 fully saturated rings. The van der Waals surface area contributed by atoms with Crippen LogP contribution in [0.15, 0.2) is 48.5 Å². The molecule has 4 heteroatoms. The van der Waals surface area contributed by atoms with E-state index in [9.17, 15) is 0 Å². The van der Waals surface area contributed by atoms with Gasteiger partial charge in [-0.25, -0.2) is 0 Å². The summed E-state index contributed by atoms with van der Waals surface area (Å²) < 4.78 is 2.47. The predicted octanol–water partition coefficient (Wildman–Crippen LogP) is 6.33. The van der Waals surface area contributed by atoms with Crippen molar-refractivity contribution in [3.8, 4) is 0 Å². The molecule has 1 N–H and O–H groups in total. The van der Waals surface area contributed by atoms with Crippen molar-refractivity contribution < 1.29 is 0 Å². The van der Waals surface area contributed by atoms with E-state index < -0.39 is 0 Å². The van der Waals surface area contributed by atoms with Crippen molar-refractivity contribution in [3.05, 3.63) is 62.0 Å². The van der Waals surface area contributed by atoms with Crippen LogP contribution in [0.1, 0.15) is 17.8 Å². The van der Waals surface area contributed by atoms with Gasteiger partial charge in [-0.1, -0.05) is 29.8 Å². The largest absolute Gasteiger partial charge is 0.377 e. The molecule has 0 aliphatic heterocycles. The van der Waals surface area contributed by atoms with E-state index in [0.29, 0.717) is 0 Å². The first-order chi connectivity index (χ1) is 9.63. The molecule has 102 valence electrons. The third kappa shape index (κ3) is 2.95. The van der Waals surface area contributed by atoms with Gasteiger partial charge in [-0.3, -0.25) is 0 Å². The molecular weight excluding hydrogens is 401 g/mol. The Morgan fingerprint density at radius 3 is 2.70 bits per heavy atom. The minimum Gasteiger partial charge on any atom is -0.377 e. The maximum Gasteiger partial charge on any atom is 0.0648 e. The van der Waals surface area contributed by atoms with Gasteiger partial charge in [0.2, 0.25) is 0 Å². The van der Waals surface area contributed by atoms with E-state index in [1.54, 1.807) is 0 Å². The summed E-state index contributed by atoms with van der Waals surface area (Å²) >= 11 is 10.4. The molecular formula is C16H13ClINS. The van der Waals surface area contributed by atoms with Crippen molar-refractivity contribution in [2.75, 3.05) is 5.32 Å². The van der Waals surface area contributed by atoms with Crippen LogP contribution in [0.2, 0.25) is 5.02 Å².